The van der Waals surface area contributed by atoms with E-state index < -0.39 is 23.4 Å². The summed E-state index contributed by atoms with van der Waals surface area (Å²) >= 11 is 0. The third kappa shape index (κ3) is 4.36. The van der Waals surface area contributed by atoms with Crippen LogP contribution in [0.2, 0.25) is 0 Å². The number of carbonyl (C=O) groups excluding carboxylic acids is 1. The minimum absolute atomic E-state index is 0.123. The summed E-state index contributed by atoms with van der Waals surface area (Å²) in [5.74, 6) is 2.16. The number of nitrogens with zero attached hydrogens (tertiary/aromatic N) is 1. The lowest BCUT2D eigenvalue weighted by atomic mass is 9.96. The van der Waals surface area contributed by atoms with Crippen molar-refractivity contribution < 1.29 is 27.5 Å². The van der Waals surface area contributed by atoms with Crippen LogP contribution in [-0.4, -0.2) is 11.0 Å². The van der Waals surface area contributed by atoms with Crippen LogP contribution in [0.3, 0.4) is 0 Å². The second-order valence-electron chi connectivity index (χ2n) is 7.29. The average Bonchev–Trinajstić information content (AvgIpc) is 3.28. The second kappa shape index (κ2) is 9.23. The molecule has 0 fully saturated rings. The van der Waals surface area contributed by atoms with Crippen molar-refractivity contribution in [3.63, 3.8) is 0 Å². The lowest BCUT2D eigenvalue weighted by Crippen LogP contribution is -2.12. The molecule has 0 saturated carbocycles. The molecule has 0 spiro atoms. The number of ether oxygens (including phenoxy) is 1. The highest BCUT2D eigenvalue weighted by molar-refractivity contribution is 5.96. The van der Waals surface area contributed by atoms with Gasteiger partial charge in [0.25, 0.3) is 0 Å². The average molecular weight is 440 g/mol. The van der Waals surface area contributed by atoms with E-state index in [0.29, 0.717) is 17.9 Å². The van der Waals surface area contributed by atoms with Gasteiger partial charge in [0.2, 0.25) is 5.88 Å². The van der Waals surface area contributed by atoms with Crippen LogP contribution in [-0.2, 0) is 11.4 Å². The molecule has 0 aliphatic heterocycles. The van der Waals surface area contributed by atoms with E-state index in [1.807, 2.05) is 6.07 Å². The van der Waals surface area contributed by atoms with Crippen molar-refractivity contribution in [3.05, 3.63) is 94.4 Å². The number of halogens is 3. The zero-order chi connectivity index (χ0) is 22.7. The lowest BCUT2D eigenvalue weighted by Gasteiger charge is -2.14. The maximum Gasteiger partial charge on any atom is 0.359 e. The molecule has 8 heteroatoms. The van der Waals surface area contributed by atoms with E-state index in [-0.39, 0.29) is 17.7 Å². The molecule has 1 aromatic heterocycles. The predicted octanol–water partition coefficient (Wildman–Crippen LogP) is 5.20. The lowest BCUT2D eigenvalue weighted by molar-refractivity contribution is 0.0498. The molecular weight excluding hydrogens is 421 g/mol. The molecule has 5 nitrogen and oxygen atoms in total. The van der Waals surface area contributed by atoms with Crippen molar-refractivity contribution in [2.45, 2.75) is 25.9 Å². The molecular formula is C24H19F3N2O3. The number of benzene rings is 2. The molecule has 0 bridgehead atoms. The zero-order valence-electron chi connectivity index (χ0n) is 16.9. The number of pyridine rings is 1. The van der Waals surface area contributed by atoms with Crippen LogP contribution in [0.25, 0.3) is 11.1 Å². The van der Waals surface area contributed by atoms with E-state index in [9.17, 15) is 18.0 Å². The van der Waals surface area contributed by atoms with E-state index in [1.165, 1.54) is 18.2 Å². The summed E-state index contributed by atoms with van der Waals surface area (Å²) in [5.41, 5.74) is 3.19. The highest BCUT2D eigenvalue weighted by Crippen LogP contribution is 2.42. The Morgan fingerprint density at radius 1 is 1.00 bits per heavy atom. The highest BCUT2D eigenvalue weighted by atomic mass is 19.1. The molecule has 0 amide bonds. The molecule has 2 aromatic carbocycles. The molecule has 1 heterocycles. The number of carbonyl (C=O) groups is 1. The van der Waals surface area contributed by atoms with Crippen molar-refractivity contribution in [2.75, 3.05) is 0 Å². The third-order valence-corrected chi connectivity index (χ3v) is 5.34. The number of rotatable bonds is 6. The van der Waals surface area contributed by atoms with Gasteiger partial charge < -0.3 is 9.57 Å². The van der Waals surface area contributed by atoms with Gasteiger partial charge in [0, 0.05) is 23.4 Å². The summed E-state index contributed by atoms with van der Waals surface area (Å²) in [6.07, 6.45) is 3.83. The minimum atomic E-state index is -0.962. The number of allylic oxidation sites excluding steroid dienone is 2. The fourth-order valence-electron chi connectivity index (χ4n) is 3.81. The summed E-state index contributed by atoms with van der Waals surface area (Å²) in [6.45, 7) is -0.123. The Balaban J connectivity index is 1.69. The summed E-state index contributed by atoms with van der Waals surface area (Å²) in [5, 5.41) is 0. The molecule has 32 heavy (non-hydrogen) atoms. The van der Waals surface area contributed by atoms with Gasteiger partial charge in [-0.15, -0.1) is 0 Å². The Labute approximate surface area is 182 Å². The van der Waals surface area contributed by atoms with Crippen molar-refractivity contribution in [1.82, 2.24) is 4.98 Å². The molecule has 1 aliphatic carbocycles. The standard InChI is InChI=1S/C24H19F3N2O3/c25-16-8-6-15(22(27)12-16)13-31-23-19(5-2-10-29-23)18-4-1-3-17(18)14-7-9-21(26)20(11-14)24(30)32-28/h2,5-12H,1,3-4,13,28H2. The largest absolute Gasteiger partial charge is 0.472 e. The Bertz CT molecular complexity index is 1210. The Kier molecular flexibility index (Phi) is 6.23. The van der Waals surface area contributed by atoms with Crippen molar-refractivity contribution >= 4 is 17.1 Å². The maximum absolute atomic E-state index is 14.0. The van der Waals surface area contributed by atoms with Gasteiger partial charge in [-0.2, -0.15) is 5.90 Å². The Morgan fingerprint density at radius 3 is 2.59 bits per heavy atom. The number of hydrogen-bond acceptors (Lipinski definition) is 5. The molecule has 0 radical (unpaired) electrons. The summed E-state index contributed by atoms with van der Waals surface area (Å²) in [6, 6.07) is 11.1. The molecule has 4 rings (SSSR count). The number of hydrogen-bond donors (Lipinski definition) is 1. The topological polar surface area (TPSA) is 74.4 Å². The van der Waals surface area contributed by atoms with Crippen LogP contribution in [0.4, 0.5) is 13.2 Å². The molecule has 3 aromatic rings. The van der Waals surface area contributed by atoms with Gasteiger partial charge in [0.1, 0.15) is 24.1 Å². The SMILES string of the molecule is NOC(=O)c1cc(C2=C(c3cccnc3OCc3ccc(F)cc3F)CCC2)ccc1F. The van der Waals surface area contributed by atoms with Crippen LogP contribution < -0.4 is 10.6 Å². The van der Waals surface area contributed by atoms with E-state index in [4.69, 9.17) is 10.6 Å². The molecule has 0 unspecified atom stereocenters. The molecule has 0 saturated heterocycles. The van der Waals surface area contributed by atoms with Crippen LogP contribution in [0.15, 0.2) is 54.7 Å². The van der Waals surface area contributed by atoms with Crippen LogP contribution in [0.5, 0.6) is 5.88 Å². The second-order valence-corrected chi connectivity index (χ2v) is 7.29. The molecule has 1 aliphatic rings. The molecule has 2 N–H and O–H groups in total. The van der Waals surface area contributed by atoms with Crippen molar-refractivity contribution in [2.24, 2.45) is 5.90 Å². The van der Waals surface area contributed by atoms with Gasteiger partial charge in [0.15, 0.2) is 0 Å². The van der Waals surface area contributed by atoms with E-state index in [0.717, 1.165) is 41.7 Å². The summed E-state index contributed by atoms with van der Waals surface area (Å²) in [4.78, 5) is 20.2. The first-order valence-corrected chi connectivity index (χ1v) is 9.93. The zero-order valence-corrected chi connectivity index (χ0v) is 16.9. The van der Waals surface area contributed by atoms with Crippen molar-refractivity contribution in [3.8, 4) is 5.88 Å². The third-order valence-electron chi connectivity index (χ3n) is 5.34. The van der Waals surface area contributed by atoms with E-state index in [2.05, 4.69) is 9.82 Å². The first kappa shape index (κ1) is 21.6. The highest BCUT2D eigenvalue weighted by Gasteiger charge is 2.23. The summed E-state index contributed by atoms with van der Waals surface area (Å²) < 4.78 is 46.9. The van der Waals surface area contributed by atoms with Gasteiger partial charge in [0.05, 0.1) is 5.56 Å². The normalized spacial score (nSPS) is 13.4. The summed E-state index contributed by atoms with van der Waals surface area (Å²) in [7, 11) is 0. The van der Waals surface area contributed by atoms with Crippen LogP contribution >= 0.6 is 0 Å². The predicted molar refractivity (Wildman–Crippen MR) is 112 cm³/mol. The minimum Gasteiger partial charge on any atom is -0.472 e. The fraction of sp³-hybridized carbons (Fsp3) is 0.167. The fourth-order valence-corrected chi connectivity index (χ4v) is 3.81. The first-order valence-electron chi connectivity index (χ1n) is 9.93. The van der Waals surface area contributed by atoms with Gasteiger partial charge in [-0.25, -0.2) is 22.9 Å². The Morgan fingerprint density at radius 2 is 1.81 bits per heavy atom. The number of nitrogens with two attached hydrogens (primary N) is 1. The van der Waals surface area contributed by atoms with Crippen molar-refractivity contribution in [1.29, 1.82) is 0 Å². The molecule has 0 atom stereocenters. The van der Waals surface area contributed by atoms with Gasteiger partial charge >= 0.3 is 5.97 Å². The van der Waals surface area contributed by atoms with Gasteiger partial charge in [-0.05, 0) is 72.4 Å². The van der Waals surface area contributed by atoms with Gasteiger partial charge in [-0.1, -0.05) is 6.07 Å². The number of aromatic nitrogens is 1. The maximum atomic E-state index is 14.0. The quantitative estimate of drug-likeness (QED) is 0.533. The van der Waals surface area contributed by atoms with Gasteiger partial charge in [-0.3, -0.25) is 0 Å². The van der Waals surface area contributed by atoms with E-state index in [1.54, 1.807) is 18.3 Å². The Hall–Kier alpha value is -3.65. The first-order chi connectivity index (χ1) is 15.5. The smallest absolute Gasteiger partial charge is 0.359 e. The van der Waals surface area contributed by atoms with Crippen LogP contribution in [0, 0.1) is 17.5 Å². The van der Waals surface area contributed by atoms with Crippen LogP contribution in [0.1, 0.15) is 46.3 Å². The molecule has 164 valence electrons. The van der Waals surface area contributed by atoms with E-state index >= 15 is 0 Å². The monoisotopic (exact) mass is 440 g/mol.